The minimum absolute atomic E-state index is 0.281. The van der Waals surface area contributed by atoms with Gasteiger partial charge in [-0.1, -0.05) is 54.6 Å². The van der Waals surface area contributed by atoms with Crippen molar-refractivity contribution < 1.29 is 9.21 Å². The fourth-order valence-corrected chi connectivity index (χ4v) is 3.58. The molecule has 150 valence electrons. The molecule has 1 heterocycles. The quantitative estimate of drug-likeness (QED) is 0.313. The first-order valence-corrected chi connectivity index (χ1v) is 9.98. The van der Waals surface area contributed by atoms with Crippen molar-refractivity contribution in [3.63, 3.8) is 0 Å². The van der Waals surface area contributed by atoms with Gasteiger partial charge in [0, 0.05) is 22.0 Å². The summed E-state index contributed by atoms with van der Waals surface area (Å²) in [7, 11) is 0. The highest BCUT2D eigenvalue weighted by Crippen LogP contribution is 2.32. The lowest BCUT2D eigenvalue weighted by molar-refractivity contribution is 0.0998. The molecule has 0 aliphatic carbocycles. The Kier molecular flexibility index (Phi) is 4.77. The van der Waals surface area contributed by atoms with E-state index in [1.807, 2.05) is 73.7 Å². The number of fused-ring (bicyclic) bond motifs is 3. The second-order valence-electron chi connectivity index (χ2n) is 7.26. The SMILES string of the molecule is Cc1c(C(=O)Nc2ccc(N=Nc3ccccc3)cc2)oc2c1ccc1ccccc12. The van der Waals surface area contributed by atoms with E-state index in [1.54, 1.807) is 24.3 Å². The van der Waals surface area contributed by atoms with Crippen molar-refractivity contribution in [2.24, 2.45) is 10.2 Å². The van der Waals surface area contributed by atoms with E-state index < -0.39 is 0 Å². The topological polar surface area (TPSA) is 67.0 Å². The number of carbonyl (C=O) groups is 1. The molecule has 5 nitrogen and oxygen atoms in total. The highest BCUT2D eigenvalue weighted by Gasteiger charge is 2.19. The van der Waals surface area contributed by atoms with Crippen molar-refractivity contribution in [2.45, 2.75) is 6.92 Å². The van der Waals surface area contributed by atoms with Crippen LogP contribution in [0.3, 0.4) is 0 Å². The number of hydrogen-bond acceptors (Lipinski definition) is 4. The van der Waals surface area contributed by atoms with Gasteiger partial charge in [0.25, 0.3) is 5.91 Å². The van der Waals surface area contributed by atoms with E-state index in [9.17, 15) is 4.79 Å². The van der Waals surface area contributed by atoms with E-state index in [4.69, 9.17) is 4.42 Å². The molecule has 0 fully saturated rings. The summed E-state index contributed by atoms with van der Waals surface area (Å²) in [6, 6.07) is 28.8. The van der Waals surface area contributed by atoms with Gasteiger partial charge in [-0.2, -0.15) is 10.2 Å². The normalized spacial score (nSPS) is 11.4. The van der Waals surface area contributed by atoms with Crippen LogP contribution in [0.25, 0.3) is 21.7 Å². The Bertz CT molecular complexity index is 1420. The number of azo groups is 1. The molecule has 1 N–H and O–H groups in total. The van der Waals surface area contributed by atoms with Crippen LogP contribution in [0.5, 0.6) is 0 Å². The lowest BCUT2D eigenvalue weighted by atomic mass is 10.1. The summed E-state index contributed by atoms with van der Waals surface area (Å²) in [5.74, 6) is 0.0376. The van der Waals surface area contributed by atoms with Crippen LogP contribution in [-0.2, 0) is 0 Å². The van der Waals surface area contributed by atoms with Gasteiger partial charge >= 0.3 is 0 Å². The van der Waals surface area contributed by atoms with Crippen molar-refractivity contribution in [1.29, 1.82) is 0 Å². The third-order valence-corrected chi connectivity index (χ3v) is 5.20. The molecule has 0 spiro atoms. The molecule has 0 bridgehead atoms. The molecule has 1 amide bonds. The highest BCUT2D eigenvalue weighted by molar-refractivity contribution is 6.11. The lowest BCUT2D eigenvalue weighted by Crippen LogP contribution is -2.11. The molecule has 31 heavy (non-hydrogen) atoms. The fourth-order valence-electron chi connectivity index (χ4n) is 3.58. The van der Waals surface area contributed by atoms with Crippen LogP contribution < -0.4 is 5.32 Å². The maximum Gasteiger partial charge on any atom is 0.291 e. The van der Waals surface area contributed by atoms with Crippen LogP contribution in [0.15, 0.2) is 106 Å². The number of hydrogen-bond donors (Lipinski definition) is 1. The summed E-state index contributed by atoms with van der Waals surface area (Å²) in [6.07, 6.45) is 0. The summed E-state index contributed by atoms with van der Waals surface area (Å²) in [4.78, 5) is 12.9. The number of amides is 1. The van der Waals surface area contributed by atoms with Crippen LogP contribution in [0, 0.1) is 6.92 Å². The van der Waals surface area contributed by atoms with E-state index in [2.05, 4.69) is 15.5 Å². The third kappa shape index (κ3) is 3.69. The summed E-state index contributed by atoms with van der Waals surface area (Å²) < 4.78 is 6.01. The highest BCUT2D eigenvalue weighted by atomic mass is 16.3. The molecule has 0 saturated heterocycles. The van der Waals surface area contributed by atoms with Crippen LogP contribution in [0.4, 0.5) is 17.1 Å². The molecule has 0 atom stereocenters. The zero-order valence-electron chi connectivity index (χ0n) is 16.9. The van der Waals surface area contributed by atoms with Gasteiger partial charge < -0.3 is 9.73 Å². The van der Waals surface area contributed by atoms with Gasteiger partial charge in [-0.15, -0.1) is 0 Å². The zero-order chi connectivity index (χ0) is 21.2. The van der Waals surface area contributed by atoms with Gasteiger partial charge in [-0.05, 0) is 48.7 Å². The standard InChI is InChI=1S/C26H19N3O2/c1-17-22-16-11-18-7-5-6-10-23(18)25(22)31-24(17)26(30)27-19-12-14-21(15-13-19)29-28-20-8-3-2-4-9-20/h2-16H,1H3,(H,27,30). The van der Waals surface area contributed by atoms with Crippen molar-refractivity contribution >= 4 is 44.7 Å². The van der Waals surface area contributed by atoms with Crippen LogP contribution in [0.2, 0.25) is 0 Å². The number of furan rings is 1. The molecule has 0 radical (unpaired) electrons. The zero-order valence-corrected chi connectivity index (χ0v) is 16.9. The average molecular weight is 405 g/mol. The third-order valence-electron chi connectivity index (χ3n) is 5.20. The van der Waals surface area contributed by atoms with Gasteiger partial charge in [-0.25, -0.2) is 0 Å². The molecule has 5 heteroatoms. The van der Waals surface area contributed by atoms with E-state index in [1.165, 1.54) is 0 Å². The molecular formula is C26H19N3O2. The molecule has 0 unspecified atom stereocenters. The largest absolute Gasteiger partial charge is 0.450 e. The van der Waals surface area contributed by atoms with Crippen molar-refractivity contribution in [3.8, 4) is 0 Å². The summed E-state index contributed by atoms with van der Waals surface area (Å²) in [5, 5.41) is 14.3. The van der Waals surface area contributed by atoms with E-state index in [0.717, 1.165) is 33.0 Å². The number of nitrogens with one attached hydrogen (secondary N) is 1. The molecule has 0 aliphatic heterocycles. The summed E-state index contributed by atoms with van der Waals surface area (Å²) in [5.41, 5.74) is 3.71. The Morgan fingerprint density at radius 3 is 2.19 bits per heavy atom. The molecular weight excluding hydrogens is 386 g/mol. The predicted octanol–water partition coefficient (Wildman–Crippen LogP) is 7.56. The number of rotatable bonds is 4. The Hall–Kier alpha value is -4.25. The van der Waals surface area contributed by atoms with Gasteiger partial charge in [0.1, 0.15) is 5.58 Å². The minimum Gasteiger partial charge on any atom is -0.450 e. The second kappa shape index (κ2) is 7.88. The van der Waals surface area contributed by atoms with Crippen LogP contribution in [-0.4, -0.2) is 5.91 Å². The van der Waals surface area contributed by atoms with Crippen molar-refractivity contribution in [2.75, 3.05) is 5.32 Å². The first-order valence-electron chi connectivity index (χ1n) is 9.98. The average Bonchev–Trinajstić information content (AvgIpc) is 3.16. The van der Waals surface area contributed by atoms with Crippen LogP contribution in [0.1, 0.15) is 16.1 Å². The molecule has 1 aromatic heterocycles. The van der Waals surface area contributed by atoms with Gasteiger partial charge in [0.2, 0.25) is 0 Å². The Labute approximate surface area is 179 Å². The van der Waals surface area contributed by atoms with E-state index >= 15 is 0 Å². The molecule has 4 aromatic carbocycles. The van der Waals surface area contributed by atoms with Crippen molar-refractivity contribution in [3.05, 3.63) is 102 Å². The first-order chi connectivity index (χ1) is 15.2. The molecule has 5 rings (SSSR count). The van der Waals surface area contributed by atoms with Gasteiger partial charge in [0.15, 0.2) is 5.76 Å². The fraction of sp³-hybridized carbons (Fsp3) is 0.0385. The summed E-state index contributed by atoms with van der Waals surface area (Å²) in [6.45, 7) is 1.91. The maximum atomic E-state index is 12.9. The maximum absolute atomic E-state index is 12.9. The number of benzene rings is 4. The molecule has 0 saturated carbocycles. The smallest absolute Gasteiger partial charge is 0.291 e. The predicted molar refractivity (Wildman–Crippen MR) is 123 cm³/mol. The Morgan fingerprint density at radius 1 is 0.742 bits per heavy atom. The van der Waals surface area contributed by atoms with E-state index in [-0.39, 0.29) is 5.91 Å². The number of carbonyl (C=O) groups excluding carboxylic acids is 1. The van der Waals surface area contributed by atoms with Crippen LogP contribution >= 0.6 is 0 Å². The minimum atomic E-state index is -0.281. The molecule has 0 aliphatic rings. The monoisotopic (exact) mass is 405 g/mol. The summed E-state index contributed by atoms with van der Waals surface area (Å²) >= 11 is 0. The lowest BCUT2D eigenvalue weighted by Gasteiger charge is -2.04. The molecule has 5 aromatic rings. The van der Waals surface area contributed by atoms with Gasteiger partial charge in [0.05, 0.1) is 11.4 Å². The second-order valence-corrected chi connectivity index (χ2v) is 7.26. The van der Waals surface area contributed by atoms with E-state index in [0.29, 0.717) is 17.1 Å². The van der Waals surface area contributed by atoms with Crippen molar-refractivity contribution in [1.82, 2.24) is 0 Å². The number of anilines is 1. The Balaban J connectivity index is 1.37. The Morgan fingerprint density at radius 2 is 1.42 bits per heavy atom. The number of aryl methyl sites for hydroxylation is 1. The number of nitrogens with zero attached hydrogens (tertiary/aromatic N) is 2. The first kappa shape index (κ1) is 18.8. The van der Waals surface area contributed by atoms with Gasteiger partial charge in [-0.3, -0.25) is 4.79 Å².